The van der Waals surface area contributed by atoms with E-state index in [0.29, 0.717) is 19.5 Å². The molecule has 1 atom stereocenters. The molecule has 8 nitrogen and oxygen atoms in total. The van der Waals surface area contributed by atoms with Crippen LogP contribution in [0, 0.1) is 0 Å². The maximum atomic E-state index is 12.1. The lowest BCUT2D eigenvalue weighted by atomic mass is 10.0. The van der Waals surface area contributed by atoms with Crippen LogP contribution in [-0.2, 0) is 9.59 Å². The standard InChI is InChI=1S/C20H33N5O3/c1-23(2)17-7-5-16(6-8-17)18(25-12-10-24(3)11-13-25)15-22-20(28)19(27)21-9-4-14-26/h5-8,18,26H,4,9-15H2,1-3H3,(H,21,27)(H,22,28)/p+2/t18-/m0/s1. The fraction of sp³-hybridized carbons (Fsp3) is 0.600. The summed E-state index contributed by atoms with van der Waals surface area (Å²) in [5, 5.41) is 14.1. The first-order chi connectivity index (χ1) is 13.4. The molecule has 0 bridgehead atoms. The molecule has 0 aromatic heterocycles. The van der Waals surface area contributed by atoms with Crippen LogP contribution >= 0.6 is 0 Å². The summed E-state index contributed by atoms with van der Waals surface area (Å²) in [5.74, 6) is -1.26. The Bertz CT molecular complexity index is 627. The molecule has 0 aliphatic carbocycles. The average molecular weight is 394 g/mol. The summed E-state index contributed by atoms with van der Waals surface area (Å²) < 4.78 is 0. The van der Waals surface area contributed by atoms with Crippen LogP contribution in [0.15, 0.2) is 24.3 Å². The highest BCUT2D eigenvalue weighted by Crippen LogP contribution is 2.16. The van der Waals surface area contributed by atoms with Gasteiger partial charge in [0.2, 0.25) is 0 Å². The number of hydrogen-bond donors (Lipinski definition) is 5. The Balaban J connectivity index is 2.04. The minimum atomic E-state index is -0.645. The second-order valence-electron chi connectivity index (χ2n) is 7.70. The molecule has 1 aliphatic rings. The van der Waals surface area contributed by atoms with Gasteiger partial charge in [-0.1, -0.05) is 12.1 Å². The van der Waals surface area contributed by atoms with Crippen molar-refractivity contribution in [3.8, 4) is 0 Å². The average Bonchev–Trinajstić information content (AvgIpc) is 2.69. The van der Waals surface area contributed by atoms with Gasteiger partial charge >= 0.3 is 11.8 Å². The van der Waals surface area contributed by atoms with E-state index in [-0.39, 0.29) is 12.6 Å². The fourth-order valence-corrected chi connectivity index (χ4v) is 3.49. The van der Waals surface area contributed by atoms with Crippen LogP contribution in [0.2, 0.25) is 0 Å². The van der Waals surface area contributed by atoms with E-state index in [9.17, 15) is 9.59 Å². The van der Waals surface area contributed by atoms with Gasteiger partial charge in [0.05, 0.1) is 13.6 Å². The molecular weight excluding hydrogens is 358 g/mol. The molecule has 0 saturated carbocycles. The van der Waals surface area contributed by atoms with Crippen molar-refractivity contribution in [2.75, 3.05) is 71.9 Å². The third kappa shape index (κ3) is 6.47. The summed E-state index contributed by atoms with van der Waals surface area (Å²) >= 11 is 0. The number of carbonyl (C=O) groups is 2. The van der Waals surface area contributed by atoms with Crippen LogP contribution in [0.4, 0.5) is 5.69 Å². The maximum Gasteiger partial charge on any atom is 0.309 e. The van der Waals surface area contributed by atoms with Gasteiger partial charge in [-0.15, -0.1) is 0 Å². The molecule has 156 valence electrons. The number of anilines is 1. The summed E-state index contributed by atoms with van der Waals surface area (Å²) in [6, 6.07) is 8.52. The number of aliphatic hydroxyl groups is 1. The van der Waals surface area contributed by atoms with E-state index < -0.39 is 11.8 Å². The SMILES string of the molecule is CN(C)c1ccc([C@H](CNC(=O)C(=O)NCCCO)[NH+]2CC[NH+](C)CC2)cc1. The quantitative estimate of drug-likeness (QED) is 0.238. The Morgan fingerprint density at radius 1 is 1.07 bits per heavy atom. The molecule has 1 aliphatic heterocycles. The number of rotatable bonds is 8. The molecule has 1 saturated heterocycles. The molecule has 28 heavy (non-hydrogen) atoms. The van der Waals surface area contributed by atoms with Crippen LogP contribution in [0.5, 0.6) is 0 Å². The summed E-state index contributed by atoms with van der Waals surface area (Å²) in [6.45, 7) is 4.96. The van der Waals surface area contributed by atoms with Gasteiger partial charge in [0.15, 0.2) is 0 Å². The van der Waals surface area contributed by atoms with Gasteiger partial charge in [-0.3, -0.25) is 9.59 Å². The lowest BCUT2D eigenvalue weighted by molar-refractivity contribution is -1.02. The number of quaternary nitrogens is 2. The molecular formula is C20H35N5O3+2. The monoisotopic (exact) mass is 393 g/mol. The normalized spacial score (nSPS) is 20.3. The van der Waals surface area contributed by atoms with E-state index in [0.717, 1.165) is 31.9 Å². The van der Waals surface area contributed by atoms with Crippen molar-refractivity contribution < 1.29 is 24.5 Å². The molecule has 1 aromatic rings. The Morgan fingerprint density at radius 2 is 1.68 bits per heavy atom. The number of aliphatic hydroxyl groups excluding tert-OH is 1. The number of likely N-dealkylation sites (N-methyl/N-ethyl adjacent to an activating group) is 1. The molecule has 0 radical (unpaired) electrons. The van der Waals surface area contributed by atoms with Crippen LogP contribution in [0.1, 0.15) is 18.0 Å². The van der Waals surface area contributed by atoms with Crippen LogP contribution in [0.25, 0.3) is 0 Å². The highest BCUT2D eigenvalue weighted by molar-refractivity contribution is 6.35. The molecule has 2 rings (SSSR count). The van der Waals surface area contributed by atoms with E-state index in [2.05, 4.69) is 46.8 Å². The van der Waals surface area contributed by atoms with Gasteiger partial charge in [0.25, 0.3) is 0 Å². The highest BCUT2D eigenvalue weighted by atomic mass is 16.3. The van der Waals surface area contributed by atoms with Gasteiger partial charge in [0.1, 0.15) is 32.2 Å². The zero-order chi connectivity index (χ0) is 20.5. The van der Waals surface area contributed by atoms with E-state index >= 15 is 0 Å². The maximum absolute atomic E-state index is 12.1. The predicted molar refractivity (Wildman–Crippen MR) is 109 cm³/mol. The number of benzene rings is 1. The van der Waals surface area contributed by atoms with Crippen molar-refractivity contribution in [2.45, 2.75) is 12.5 Å². The smallest absolute Gasteiger partial charge is 0.309 e. The molecule has 1 fully saturated rings. The number of piperazine rings is 1. The van der Waals surface area contributed by atoms with Crippen molar-refractivity contribution in [3.05, 3.63) is 29.8 Å². The Labute approximate surface area is 167 Å². The zero-order valence-corrected chi connectivity index (χ0v) is 17.3. The number of carbonyl (C=O) groups excluding carboxylic acids is 2. The lowest BCUT2D eigenvalue weighted by Crippen LogP contribution is -3.27. The van der Waals surface area contributed by atoms with E-state index in [1.165, 1.54) is 15.4 Å². The highest BCUT2D eigenvalue weighted by Gasteiger charge is 2.30. The van der Waals surface area contributed by atoms with Gasteiger partial charge in [-0.05, 0) is 18.6 Å². The summed E-state index contributed by atoms with van der Waals surface area (Å²) in [4.78, 5) is 29.0. The number of hydrogen-bond acceptors (Lipinski definition) is 4. The third-order valence-corrected chi connectivity index (χ3v) is 5.34. The van der Waals surface area contributed by atoms with E-state index in [4.69, 9.17) is 5.11 Å². The van der Waals surface area contributed by atoms with Crippen LogP contribution in [-0.4, -0.2) is 83.9 Å². The molecule has 0 spiro atoms. The first-order valence-electron chi connectivity index (χ1n) is 10.0. The minimum Gasteiger partial charge on any atom is -0.396 e. The number of amides is 2. The molecule has 0 unspecified atom stereocenters. The predicted octanol–water partition coefficient (Wildman–Crippen LogP) is -3.18. The largest absolute Gasteiger partial charge is 0.396 e. The Hall–Kier alpha value is -2.16. The van der Waals surface area contributed by atoms with E-state index in [1.807, 2.05) is 14.1 Å². The molecule has 1 aromatic carbocycles. The topological polar surface area (TPSA) is 90.5 Å². The van der Waals surface area contributed by atoms with Crippen molar-refractivity contribution in [1.29, 1.82) is 0 Å². The van der Waals surface area contributed by atoms with Crippen LogP contribution in [0.3, 0.4) is 0 Å². The molecule has 2 amide bonds. The molecule has 1 heterocycles. The minimum absolute atomic E-state index is 0.0122. The van der Waals surface area contributed by atoms with Crippen molar-refractivity contribution in [2.24, 2.45) is 0 Å². The van der Waals surface area contributed by atoms with Gasteiger partial charge in [0, 0.05) is 38.5 Å². The lowest BCUT2D eigenvalue weighted by Gasteiger charge is -2.33. The summed E-state index contributed by atoms with van der Waals surface area (Å²) in [6.07, 6.45) is 0.438. The zero-order valence-electron chi connectivity index (χ0n) is 17.3. The van der Waals surface area contributed by atoms with Crippen molar-refractivity contribution in [1.82, 2.24) is 10.6 Å². The summed E-state index contributed by atoms with van der Waals surface area (Å²) in [5.41, 5.74) is 2.30. The second kappa shape index (κ2) is 11.0. The molecule has 5 N–H and O–H groups in total. The van der Waals surface area contributed by atoms with Gasteiger partial charge < -0.3 is 30.4 Å². The van der Waals surface area contributed by atoms with Crippen molar-refractivity contribution >= 4 is 17.5 Å². The third-order valence-electron chi connectivity index (χ3n) is 5.34. The number of nitrogens with one attached hydrogen (secondary N) is 4. The van der Waals surface area contributed by atoms with E-state index in [1.54, 1.807) is 0 Å². The summed E-state index contributed by atoms with van der Waals surface area (Å²) in [7, 11) is 6.23. The first-order valence-corrected chi connectivity index (χ1v) is 10.0. The van der Waals surface area contributed by atoms with Gasteiger partial charge in [-0.25, -0.2) is 0 Å². The van der Waals surface area contributed by atoms with Gasteiger partial charge in [-0.2, -0.15) is 0 Å². The first kappa shape index (κ1) is 22.1. The fourth-order valence-electron chi connectivity index (χ4n) is 3.49. The van der Waals surface area contributed by atoms with Crippen molar-refractivity contribution in [3.63, 3.8) is 0 Å². The Morgan fingerprint density at radius 3 is 2.25 bits per heavy atom. The number of nitrogens with zero attached hydrogens (tertiary/aromatic N) is 1. The Kier molecular flexibility index (Phi) is 8.69. The molecule has 8 heteroatoms. The second-order valence-corrected chi connectivity index (χ2v) is 7.70. The van der Waals surface area contributed by atoms with Crippen LogP contribution < -0.4 is 25.3 Å².